The summed E-state index contributed by atoms with van der Waals surface area (Å²) >= 11 is 0. The third kappa shape index (κ3) is 4.69. The molecule has 0 amide bonds. The van der Waals surface area contributed by atoms with Crippen molar-refractivity contribution in [1.82, 2.24) is 9.97 Å². The van der Waals surface area contributed by atoms with Crippen molar-refractivity contribution in [2.45, 2.75) is 12.6 Å². The Kier molecular flexibility index (Phi) is 5.62. The highest BCUT2D eigenvalue weighted by Crippen LogP contribution is 2.37. The van der Waals surface area contributed by atoms with Gasteiger partial charge in [0.1, 0.15) is 0 Å². The molecular weight excluding hydrogens is 405 g/mol. The van der Waals surface area contributed by atoms with Gasteiger partial charge in [-0.2, -0.15) is 13.2 Å². The van der Waals surface area contributed by atoms with Gasteiger partial charge in [-0.15, -0.1) is 0 Å². The molecule has 0 aliphatic rings. The van der Waals surface area contributed by atoms with Crippen molar-refractivity contribution in [2.75, 3.05) is 11.9 Å². The summed E-state index contributed by atoms with van der Waals surface area (Å²) in [6.45, 7) is 0.346. The number of H-pyrrole nitrogens is 1. The molecule has 2 aromatic carbocycles. The summed E-state index contributed by atoms with van der Waals surface area (Å²) in [5.41, 5.74) is 1.46. The zero-order chi connectivity index (χ0) is 21.8. The maximum Gasteiger partial charge on any atom is 0.418 e. The van der Waals surface area contributed by atoms with E-state index in [-0.39, 0.29) is 17.3 Å². The van der Waals surface area contributed by atoms with Gasteiger partial charge < -0.3 is 15.4 Å². The summed E-state index contributed by atoms with van der Waals surface area (Å²) in [6, 6.07) is 14.7. The van der Waals surface area contributed by atoms with Crippen LogP contribution in [-0.4, -0.2) is 27.8 Å². The van der Waals surface area contributed by atoms with Gasteiger partial charge in [-0.25, -0.2) is 0 Å². The SMILES string of the molecule is Oc1[nH]c2ccccc2c1C=Nc1ccc(NCCc2ccncc2)c(C(F)(F)F)c1. The van der Waals surface area contributed by atoms with E-state index in [4.69, 9.17) is 0 Å². The minimum atomic E-state index is -4.53. The first-order valence-corrected chi connectivity index (χ1v) is 9.59. The number of aromatic nitrogens is 2. The molecule has 158 valence electrons. The largest absolute Gasteiger partial charge is 0.494 e. The number of anilines is 1. The fraction of sp³-hybridized carbons (Fsp3) is 0.130. The molecule has 0 spiro atoms. The maximum atomic E-state index is 13.6. The zero-order valence-corrected chi connectivity index (χ0v) is 16.3. The fourth-order valence-corrected chi connectivity index (χ4v) is 3.31. The van der Waals surface area contributed by atoms with E-state index in [2.05, 4.69) is 20.3 Å². The lowest BCUT2D eigenvalue weighted by molar-refractivity contribution is -0.136. The predicted molar refractivity (Wildman–Crippen MR) is 115 cm³/mol. The van der Waals surface area contributed by atoms with Gasteiger partial charge in [0.25, 0.3) is 0 Å². The number of rotatable bonds is 6. The van der Waals surface area contributed by atoms with Crippen molar-refractivity contribution in [2.24, 2.45) is 4.99 Å². The Morgan fingerprint density at radius 1 is 1.06 bits per heavy atom. The molecule has 0 radical (unpaired) electrons. The molecule has 0 atom stereocenters. The van der Waals surface area contributed by atoms with Crippen LogP contribution in [0.15, 0.2) is 72.0 Å². The van der Waals surface area contributed by atoms with Gasteiger partial charge in [0.2, 0.25) is 0 Å². The predicted octanol–water partition coefficient (Wildman–Crippen LogP) is 5.69. The molecule has 0 bridgehead atoms. The van der Waals surface area contributed by atoms with E-state index in [0.29, 0.717) is 24.0 Å². The standard InChI is InChI=1S/C23H19F3N4O/c24-23(25,26)19-13-16(5-6-21(19)28-12-9-15-7-10-27-11-8-15)29-14-18-17-3-1-2-4-20(17)30-22(18)31/h1-8,10-11,13-14,28,30-31H,9,12H2. The van der Waals surface area contributed by atoms with Gasteiger partial charge >= 0.3 is 6.18 Å². The zero-order valence-electron chi connectivity index (χ0n) is 16.3. The van der Waals surface area contributed by atoms with Crippen LogP contribution in [0.3, 0.4) is 0 Å². The molecule has 0 saturated carbocycles. The van der Waals surface area contributed by atoms with Crippen LogP contribution in [0.25, 0.3) is 10.9 Å². The Balaban J connectivity index is 1.56. The molecule has 0 unspecified atom stereocenters. The first-order chi connectivity index (χ1) is 14.9. The smallest absolute Gasteiger partial charge is 0.418 e. The second-order valence-electron chi connectivity index (χ2n) is 6.95. The summed E-state index contributed by atoms with van der Waals surface area (Å²) in [5, 5.41) is 13.7. The van der Waals surface area contributed by atoms with Crippen molar-refractivity contribution >= 4 is 28.5 Å². The Morgan fingerprint density at radius 3 is 2.61 bits per heavy atom. The van der Waals surface area contributed by atoms with Crippen molar-refractivity contribution in [3.63, 3.8) is 0 Å². The van der Waals surface area contributed by atoms with Crippen LogP contribution in [0, 0.1) is 0 Å². The van der Waals surface area contributed by atoms with Crippen LogP contribution >= 0.6 is 0 Å². The third-order valence-electron chi connectivity index (χ3n) is 4.86. The van der Waals surface area contributed by atoms with Crippen LogP contribution in [0.2, 0.25) is 0 Å². The number of nitrogens with one attached hydrogen (secondary N) is 2. The van der Waals surface area contributed by atoms with Gasteiger partial charge in [-0.3, -0.25) is 9.98 Å². The van der Waals surface area contributed by atoms with E-state index in [1.807, 2.05) is 18.2 Å². The fourth-order valence-electron chi connectivity index (χ4n) is 3.31. The summed E-state index contributed by atoms with van der Waals surface area (Å²) < 4.78 is 40.9. The molecule has 0 saturated heterocycles. The molecule has 3 N–H and O–H groups in total. The molecule has 5 nitrogen and oxygen atoms in total. The number of hydrogen-bond donors (Lipinski definition) is 3. The number of aromatic hydroxyl groups is 1. The number of pyridine rings is 1. The average Bonchev–Trinajstić information content (AvgIpc) is 3.08. The van der Waals surface area contributed by atoms with Gasteiger partial charge in [-0.1, -0.05) is 18.2 Å². The van der Waals surface area contributed by atoms with E-state index >= 15 is 0 Å². The van der Waals surface area contributed by atoms with E-state index in [0.717, 1.165) is 17.0 Å². The number of hydrogen-bond acceptors (Lipinski definition) is 4. The second-order valence-corrected chi connectivity index (χ2v) is 6.95. The number of alkyl halides is 3. The van der Waals surface area contributed by atoms with Crippen molar-refractivity contribution in [3.8, 4) is 5.88 Å². The Morgan fingerprint density at radius 2 is 1.84 bits per heavy atom. The number of para-hydroxylation sites is 1. The molecule has 8 heteroatoms. The summed E-state index contributed by atoms with van der Waals surface area (Å²) in [6.07, 6.45) is 0.691. The van der Waals surface area contributed by atoms with Crippen LogP contribution in [0.5, 0.6) is 5.88 Å². The average molecular weight is 424 g/mol. The van der Waals surface area contributed by atoms with Crippen LogP contribution < -0.4 is 5.32 Å². The summed E-state index contributed by atoms with van der Waals surface area (Å²) in [4.78, 5) is 10.9. The van der Waals surface area contributed by atoms with Gasteiger partial charge in [0.15, 0.2) is 5.88 Å². The minimum absolute atomic E-state index is 0.00422. The van der Waals surface area contributed by atoms with Crippen LogP contribution in [0.4, 0.5) is 24.5 Å². The lowest BCUT2D eigenvalue weighted by Gasteiger charge is -2.15. The number of nitrogens with zero attached hydrogens (tertiary/aromatic N) is 2. The van der Waals surface area contributed by atoms with Gasteiger partial charge in [-0.05, 0) is 48.4 Å². The Hall–Kier alpha value is -3.81. The molecule has 31 heavy (non-hydrogen) atoms. The highest BCUT2D eigenvalue weighted by atomic mass is 19.4. The summed E-state index contributed by atoms with van der Waals surface area (Å²) in [5.74, 6) is -0.0876. The molecule has 0 aliphatic carbocycles. The number of fused-ring (bicyclic) bond motifs is 1. The monoisotopic (exact) mass is 424 g/mol. The molecule has 4 aromatic rings. The number of aliphatic imine (C=N–C) groups is 1. The topological polar surface area (TPSA) is 73.3 Å². The van der Waals surface area contributed by atoms with Crippen molar-refractivity contribution in [3.05, 3.63) is 83.7 Å². The van der Waals surface area contributed by atoms with Crippen molar-refractivity contribution in [1.29, 1.82) is 0 Å². The molecule has 4 rings (SSSR count). The molecule has 2 aromatic heterocycles. The first kappa shape index (κ1) is 20.5. The highest BCUT2D eigenvalue weighted by molar-refractivity contribution is 6.02. The number of aromatic amines is 1. The molecule has 0 fully saturated rings. The van der Waals surface area contributed by atoms with Gasteiger partial charge in [0.05, 0.1) is 16.8 Å². The second kappa shape index (κ2) is 8.51. The van der Waals surface area contributed by atoms with Crippen LogP contribution in [0.1, 0.15) is 16.7 Å². The van der Waals surface area contributed by atoms with Crippen molar-refractivity contribution < 1.29 is 18.3 Å². The molecule has 0 aliphatic heterocycles. The molecule has 2 heterocycles. The number of benzene rings is 2. The summed E-state index contributed by atoms with van der Waals surface area (Å²) in [7, 11) is 0. The first-order valence-electron chi connectivity index (χ1n) is 9.59. The van der Waals surface area contributed by atoms with E-state index < -0.39 is 11.7 Å². The van der Waals surface area contributed by atoms with Gasteiger partial charge in [0, 0.05) is 41.7 Å². The van der Waals surface area contributed by atoms with Crippen LogP contribution in [-0.2, 0) is 12.6 Å². The highest BCUT2D eigenvalue weighted by Gasteiger charge is 2.33. The van der Waals surface area contributed by atoms with E-state index in [1.54, 1.807) is 30.6 Å². The molecular formula is C23H19F3N4O. The van der Waals surface area contributed by atoms with E-state index in [9.17, 15) is 18.3 Å². The lowest BCUT2D eigenvalue weighted by Crippen LogP contribution is -2.12. The van der Waals surface area contributed by atoms with E-state index in [1.165, 1.54) is 18.3 Å². The Labute approximate surface area is 176 Å². The lowest BCUT2D eigenvalue weighted by atomic mass is 10.1. The maximum absolute atomic E-state index is 13.6. The number of halogens is 3. The third-order valence-corrected chi connectivity index (χ3v) is 4.86. The Bertz CT molecular complexity index is 1220. The normalized spacial score (nSPS) is 12.0. The minimum Gasteiger partial charge on any atom is -0.494 e. The quantitative estimate of drug-likeness (QED) is 0.348.